The van der Waals surface area contributed by atoms with Gasteiger partial charge in [0, 0.05) is 26.2 Å². The van der Waals surface area contributed by atoms with Gasteiger partial charge in [-0.25, -0.2) is 18.6 Å². The lowest BCUT2D eigenvalue weighted by Crippen LogP contribution is -2.50. The molecule has 0 spiro atoms. The summed E-state index contributed by atoms with van der Waals surface area (Å²) >= 11 is 5.83. The summed E-state index contributed by atoms with van der Waals surface area (Å²) in [6.45, 7) is 7.73. The average molecular weight is 453 g/mol. The fourth-order valence-electron chi connectivity index (χ4n) is 3.00. The number of ether oxygens (including phenoxy) is 1. The summed E-state index contributed by atoms with van der Waals surface area (Å²) in [4.78, 5) is 32.4. The molecule has 0 unspecified atom stereocenters. The molecule has 0 saturated carbocycles. The molecule has 0 aliphatic carbocycles. The first-order chi connectivity index (χ1) is 14.5. The quantitative estimate of drug-likeness (QED) is 0.702. The highest BCUT2D eigenvalue weighted by atomic mass is 35.5. The molecule has 0 atom stereocenters. The van der Waals surface area contributed by atoms with Crippen molar-refractivity contribution < 1.29 is 23.1 Å². The number of carbonyl (C=O) groups is 2. The van der Waals surface area contributed by atoms with Crippen LogP contribution in [-0.2, 0) is 4.74 Å². The Morgan fingerprint density at radius 1 is 1.10 bits per heavy atom. The Kier molecular flexibility index (Phi) is 6.64. The molecule has 1 aromatic heterocycles. The summed E-state index contributed by atoms with van der Waals surface area (Å²) in [6, 6.07) is 4.87. The fourth-order valence-corrected chi connectivity index (χ4v) is 3.24. The van der Waals surface area contributed by atoms with E-state index < -0.39 is 23.1 Å². The molecule has 1 fully saturated rings. The highest BCUT2D eigenvalue weighted by Gasteiger charge is 2.26. The summed E-state index contributed by atoms with van der Waals surface area (Å²) in [5, 5.41) is 2.31. The van der Waals surface area contributed by atoms with Crippen LogP contribution in [0.1, 0.15) is 31.1 Å². The number of aromatic nitrogens is 1. The second-order valence-corrected chi connectivity index (χ2v) is 8.46. The molecule has 1 aliphatic heterocycles. The average Bonchev–Trinajstić information content (AvgIpc) is 2.70. The van der Waals surface area contributed by atoms with Crippen LogP contribution in [0, 0.1) is 11.6 Å². The van der Waals surface area contributed by atoms with Crippen molar-refractivity contribution in [2.24, 2.45) is 0 Å². The molecular formula is C21H23ClF2N4O3. The Labute approximate surface area is 183 Å². The molecule has 7 nitrogen and oxygen atoms in total. The van der Waals surface area contributed by atoms with Crippen molar-refractivity contribution in [2.75, 3.05) is 36.4 Å². The molecule has 1 saturated heterocycles. The summed E-state index contributed by atoms with van der Waals surface area (Å²) in [6.07, 6.45) is 1.25. The number of benzene rings is 1. The molecule has 2 amide bonds. The van der Waals surface area contributed by atoms with Gasteiger partial charge in [0.1, 0.15) is 11.4 Å². The molecule has 3 rings (SSSR count). The molecular weight excluding hydrogens is 430 g/mol. The van der Waals surface area contributed by atoms with E-state index >= 15 is 0 Å². The van der Waals surface area contributed by atoms with Gasteiger partial charge < -0.3 is 19.9 Å². The molecule has 1 aromatic carbocycles. The third kappa shape index (κ3) is 5.81. The van der Waals surface area contributed by atoms with Gasteiger partial charge >= 0.3 is 6.09 Å². The van der Waals surface area contributed by atoms with Crippen molar-refractivity contribution in [3.8, 4) is 0 Å². The summed E-state index contributed by atoms with van der Waals surface area (Å²) in [7, 11) is 0. The van der Waals surface area contributed by atoms with Gasteiger partial charge in [0.15, 0.2) is 11.6 Å². The van der Waals surface area contributed by atoms with E-state index in [0.29, 0.717) is 26.2 Å². The van der Waals surface area contributed by atoms with Gasteiger partial charge in [-0.05, 0) is 45.0 Å². The second-order valence-electron chi connectivity index (χ2n) is 8.06. The van der Waals surface area contributed by atoms with E-state index in [1.165, 1.54) is 0 Å². The lowest BCUT2D eigenvalue weighted by Gasteiger charge is -2.36. The molecule has 31 heavy (non-hydrogen) atoms. The van der Waals surface area contributed by atoms with Crippen LogP contribution in [0.2, 0.25) is 5.02 Å². The maximum atomic E-state index is 13.4. The first kappa shape index (κ1) is 22.7. The normalized spacial score (nSPS) is 14.4. The zero-order chi connectivity index (χ0) is 22.8. The first-order valence-electron chi connectivity index (χ1n) is 9.68. The van der Waals surface area contributed by atoms with Gasteiger partial charge in [-0.2, -0.15) is 0 Å². The zero-order valence-corrected chi connectivity index (χ0v) is 18.2. The lowest BCUT2D eigenvalue weighted by atomic mass is 10.2. The van der Waals surface area contributed by atoms with Crippen LogP contribution in [0.25, 0.3) is 0 Å². The smallest absolute Gasteiger partial charge is 0.410 e. The van der Waals surface area contributed by atoms with E-state index in [0.717, 1.165) is 17.8 Å². The Hall–Kier alpha value is -2.94. The first-order valence-corrected chi connectivity index (χ1v) is 10.1. The fraction of sp³-hybridized carbons (Fsp3) is 0.381. The summed E-state index contributed by atoms with van der Waals surface area (Å²) in [5.41, 5.74) is 0.0971. The van der Waals surface area contributed by atoms with Crippen LogP contribution >= 0.6 is 11.6 Å². The summed E-state index contributed by atoms with van der Waals surface area (Å²) < 4.78 is 32.0. The third-order valence-electron chi connectivity index (χ3n) is 4.54. The molecule has 2 aromatic rings. The number of halogens is 3. The second kappa shape index (κ2) is 9.05. The number of nitrogens with zero attached hydrogens (tertiary/aromatic N) is 3. The lowest BCUT2D eigenvalue weighted by molar-refractivity contribution is 0.0240. The Morgan fingerprint density at radius 3 is 2.32 bits per heavy atom. The maximum absolute atomic E-state index is 13.4. The molecule has 166 valence electrons. The van der Waals surface area contributed by atoms with E-state index in [9.17, 15) is 18.4 Å². The summed E-state index contributed by atoms with van der Waals surface area (Å²) in [5.74, 6) is -2.75. The van der Waals surface area contributed by atoms with E-state index in [-0.39, 0.29) is 22.5 Å². The van der Waals surface area contributed by atoms with Crippen molar-refractivity contribution in [2.45, 2.75) is 26.4 Å². The Bertz CT molecular complexity index is 972. The van der Waals surface area contributed by atoms with E-state index in [4.69, 9.17) is 16.3 Å². The number of nitrogens with one attached hydrogen (secondary N) is 1. The number of pyridine rings is 1. The van der Waals surface area contributed by atoms with Gasteiger partial charge in [0.25, 0.3) is 5.91 Å². The standard InChI is InChI=1S/C21H23ClF2N4O3/c1-21(2,3)31-20(30)28-8-6-27(7-9-28)13-4-5-18(25-12-13)26-19(29)14-10-16(23)17(24)11-15(14)22/h4-5,10-12H,6-9H2,1-3H3,(H,25,26,29). The van der Waals surface area contributed by atoms with E-state index in [2.05, 4.69) is 15.2 Å². The minimum Gasteiger partial charge on any atom is -0.444 e. The van der Waals surface area contributed by atoms with Crippen LogP contribution in [0.15, 0.2) is 30.5 Å². The molecule has 1 aliphatic rings. The van der Waals surface area contributed by atoms with Crippen molar-refractivity contribution in [3.05, 3.63) is 52.7 Å². The highest BCUT2D eigenvalue weighted by molar-refractivity contribution is 6.34. The van der Waals surface area contributed by atoms with Gasteiger partial charge in [-0.1, -0.05) is 11.6 Å². The number of rotatable bonds is 3. The molecule has 2 heterocycles. The number of piperazine rings is 1. The molecule has 0 bridgehead atoms. The van der Waals surface area contributed by atoms with Gasteiger partial charge in [0.05, 0.1) is 22.5 Å². The predicted molar refractivity (Wildman–Crippen MR) is 114 cm³/mol. The van der Waals surface area contributed by atoms with Crippen LogP contribution in [0.4, 0.5) is 25.1 Å². The number of hydrogen-bond acceptors (Lipinski definition) is 5. The Balaban J connectivity index is 1.58. The number of anilines is 2. The van der Waals surface area contributed by atoms with Crippen LogP contribution in [-0.4, -0.2) is 53.7 Å². The van der Waals surface area contributed by atoms with Gasteiger partial charge in [0.2, 0.25) is 0 Å². The van der Waals surface area contributed by atoms with Crippen molar-refractivity contribution in [1.29, 1.82) is 0 Å². The van der Waals surface area contributed by atoms with Crippen molar-refractivity contribution >= 4 is 35.1 Å². The molecule has 10 heteroatoms. The maximum Gasteiger partial charge on any atom is 0.410 e. The molecule has 1 N–H and O–H groups in total. The van der Waals surface area contributed by atoms with Crippen molar-refractivity contribution in [3.63, 3.8) is 0 Å². The monoisotopic (exact) mass is 452 g/mol. The topological polar surface area (TPSA) is 74.8 Å². The Morgan fingerprint density at radius 2 is 1.74 bits per heavy atom. The van der Waals surface area contributed by atoms with Gasteiger partial charge in [-0.15, -0.1) is 0 Å². The van der Waals surface area contributed by atoms with Crippen LogP contribution in [0.5, 0.6) is 0 Å². The molecule has 0 radical (unpaired) electrons. The van der Waals surface area contributed by atoms with Gasteiger partial charge in [-0.3, -0.25) is 4.79 Å². The number of carbonyl (C=O) groups excluding carboxylic acids is 2. The van der Waals surface area contributed by atoms with E-state index in [1.807, 2.05) is 20.8 Å². The predicted octanol–water partition coefficient (Wildman–Crippen LogP) is 4.32. The van der Waals surface area contributed by atoms with Crippen molar-refractivity contribution in [1.82, 2.24) is 9.88 Å². The SMILES string of the molecule is CC(C)(C)OC(=O)N1CCN(c2ccc(NC(=O)c3cc(F)c(F)cc3Cl)nc2)CC1. The van der Waals surface area contributed by atoms with Crippen LogP contribution in [0.3, 0.4) is 0 Å². The van der Waals surface area contributed by atoms with E-state index in [1.54, 1.807) is 23.2 Å². The highest BCUT2D eigenvalue weighted by Crippen LogP contribution is 2.22. The zero-order valence-electron chi connectivity index (χ0n) is 17.4. The minimum absolute atomic E-state index is 0.190. The minimum atomic E-state index is -1.16. The van der Waals surface area contributed by atoms with Crippen LogP contribution < -0.4 is 10.2 Å². The largest absolute Gasteiger partial charge is 0.444 e. The number of hydrogen-bond donors (Lipinski definition) is 1. The number of amides is 2. The third-order valence-corrected chi connectivity index (χ3v) is 4.85.